The molecule has 2 rings (SSSR count). The highest BCUT2D eigenvalue weighted by atomic mass is 19.2. The molecule has 4 nitrogen and oxygen atoms in total. The van der Waals surface area contributed by atoms with Gasteiger partial charge in [0.2, 0.25) is 0 Å². The molecule has 0 spiro atoms. The molecule has 0 radical (unpaired) electrons. The van der Waals surface area contributed by atoms with Gasteiger partial charge >= 0.3 is 0 Å². The van der Waals surface area contributed by atoms with Crippen molar-refractivity contribution in [2.75, 3.05) is 13.2 Å². The standard InChI is InChI=1S/C13H12F2N2O2/c14-10-2-1-9(7-11(10)15)12(18)17-13(8-16)3-5-19-6-4-13/h1-2,7H,3-6H2,(H,17,18). The number of amides is 1. The van der Waals surface area contributed by atoms with Crippen LogP contribution in [0, 0.1) is 23.0 Å². The summed E-state index contributed by atoms with van der Waals surface area (Å²) < 4.78 is 31.0. The van der Waals surface area contributed by atoms with Gasteiger partial charge in [-0.2, -0.15) is 5.26 Å². The van der Waals surface area contributed by atoms with Crippen molar-refractivity contribution in [1.82, 2.24) is 5.32 Å². The van der Waals surface area contributed by atoms with Crippen LogP contribution < -0.4 is 5.32 Å². The van der Waals surface area contributed by atoms with Crippen LogP contribution >= 0.6 is 0 Å². The van der Waals surface area contributed by atoms with Crippen molar-refractivity contribution in [1.29, 1.82) is 5.26 Å². The van der Waals surface area contributed by atoms with Gasteiger partial charge in [0.1, 0.15) is 5.54 Å². The minimum atomic E-state index is -1.09. The van der Waals surface area contributed by atoms with E-state index in [4.69, 9.17) is 4.74 Å². The van der Waals surface area contributed by atoms with Crippen molar-refractivity contribution < 1.29 is 18.3 Å². The molecule has 6 heteroatoms. The summed E-state index contributed by atoms with van der Waals surface area (Å²) in [6.07, 6.45) is 0.748. The molecule has 0 aromatic heterocycles. The van der Waals surface area contributed by atoms with Gasteiger partial charge in [-0.15, -0.1) is 0 Å². The predicted molar refractivity (Wildman–Crippen MR) is 62.2 cm³/mol. The van der Waals surface area contributed by atoms with E-state index in [0.717, 1.165) is 12.1 Å². The van der Waals surface area contributed by atoms with E-state index in [2.05, 4.69) is 11.4 Å². The zero-order valence-corrected chi connectivity index (χ0v) is 10.1. The Hall–Kier alpha value is -2.00. The lowest BCUT2D eigenvalue weighted by Crippen LogP contribution is -2.50. The van der Waals surface area contributed by atoms with Crippen molar-refractivity contribution in [3.63, 3.8) is 0 Å². The van der Waals surface area contributed by atoms with E-state index in [9.17, 15) is 18.8 Å². The fraction of sp³-hybridized carbons (Fsp3) is 0.385. The second-order valence-electron chi connectivity index (χ2n) is 4.39. The van der Waals surface area contributed by atoms with E-state index in [1.165, 1.54) is 6.07 Å². The van der Waals surface area contributed by atoms with Gasteiger partial charge in [0.25, 0.3) is 5.91 Å². The van der Waals surface area contributed by atoms with Gasteiger partial charge in [0, 0.05) is 31.6 Å². The van der Waals surface area contributed by atoms with Gasteiger partial charge in [-0.25, -0.2) is 8.78 Å². The molecule has 100 valence electrons. The molecule has 0 bridgehead atoms. The molecule has 1 heterocycles. The molecule has 1 saturated heterocycles. The topological polar surface area (TPSA) is 62.1 Å². The fourth-order valence-electron chi connectivity index (χ4n) is 1.91. The van der Waals surface area contributed by atoms with Crippen molar-refractivity contribution in [3.8, 4) is 6.07 Å². The minimum Gasteiger partial charge on any atom is -0.381 e. The Morgan fingerprint density at radius 1 is 1.32 bits per heavy atom. The number of rotatable bonds is 2. The van der Waals surface area contributed by atoms with Gasteiger partial charge in [-0.1, -0.05) is 0 Å². The lowest BCUT2D eigenvalue weighted by Gasteiger charge is -2.31. The molecule has 1 aliphatic rings. The molecule has 1 aromatic carbocycles. The van der Waals surface area contributed by atoms with Crippen LogP contribution in [0.5, 0.6) is 0 Å². The third-order valence-corrected chi connectivity index (χ3v) is 3.09. The number of nitrogens with zero attached hydrogens (tertiary/aromatic N) is 1. The quantitative estimate of drug-likeness (QED) is 0.887. The number of nitriles is 1. The molecule has 1 aromatic rings. The maximum atomic E-state index is 13.1. The van der Waals surface area contributed by atoms with Crippen molar-refractivity contribution in [3.05, 3.63) is 35.4 Å². The van der Waals surface area contributed by atoms with E-state index in [-0.39, 0.29) is 5.56 Å². The summed E-state index contributed by atoms with van der Waals surface area (Å²) in [6, 6.07) is 4.94. The van der Waals surface area contributed by atoms with Crippen LogP contribution in [0.25, 0.3) is 0 Å². The molecular weight excluding hydrogens is 254 g/mol. The third kappa shape index (κ3) is 2.88. The first kappa shape index (κ1) is 13.4. The van der Waals surface area contributed by atoms with Gasteiger partial charge in [-0.05, 0) is 18.2 Å². The van der Waals surface area contributed by atoms with E-state index < -0.39 is 23.1 Å². The van der Waals surface area contributed by atoms with E-state index in [1.807, 2.05) is 0 Å². The number of ether oxygens (including phenoxy) is 1. The zero-order valence-electron chi connectivity index (χ0n) is 10.1. The Bertz CT molecular complexity index is 534. The van der Waals surface area contributed by atoms with E-state index in [0.29, 0.717) is 26.1 Å². The Morgan fingerprint density at radius 2 is 2.00 bits per heavy atom. The molecule has 1 amide bonds. The fourth-order valence-corrected chi connectivity index (χ4v) is 1.91. The van der Waals surface area contributed by atoms with Crippen LogP contribution in [0.2, 0.25) is 0 Å². The van der Waals surface area contributed by atoms with Gasteiger partial charge in [-0.3, -0.25) is 4.79 Å². The molecule has 1 fully saturated rings. The molecule has 0 atom stereocenters. The summed E-state index contributed by atoms with van der Waals surface area (Å²) in [5.41, 5.74) is -1.01. The van der Waals surface area contributed by atoms with Crippen molar-refractivity contribution in [2.24, 2.45) is 0 Å². The summed E-state index contributed by atoms with van der Waals surface area (Å²) in [5.74, 6) is -2.70. The Balaban J connectivity index is 2.15. The van der Waals surface area contributed by atoms with Crippen molar-refractivity contribution >= 4 is 5.91 Å². The smallest absolute Gasteiger partial charge is 0.252 e. The van der Waals surface area contributed by atoms with Gasteiger partial charge in [0.05, 0.1) is 6.07 Å². The van der Waals surface area contributed by atoms with Crippen LogP contribution in [0.1, 0.15) is 23.2 Å². The summed E-state index contributed by atoms with van der Waals surface area (Å²) in [6.45, 7) is 0.761. The first-order valence-corrected chi connectivity index (χ1v) is 5.83. The Morgan fingerprint density at radius 3 is 2.58 bits per heavy atom. The number of hydrogen-bond donors (Lipinski definition) is 1. The summed E-state index contributed by atoms with van der Waals surface area (Å²) in [7, 11) is 0. The molecule has 1 N–H and O–H groups in total. The first-order valence-electron chi connectivity index (χ1n) is 5.83. The number of benzene rings is 1. The maximum Gasteiger partial charge on any atom is 0.252 e. The number of halogens is 2. The van der Waals surface area contributed by atoms with Crippen LogP contribution in [0.15, 0.2) is 18.2 Å². The van der Waals surface area contributed by atoms with Crippen LogP contribution in [0.4, 0.5) is 8.78 Å². The average molecular weight is 266 g/mol. The van der Waals surface area contributed by atoms with Crippen LogP contribution in [-0.2, 0) is 4.74 Å². The van der Waals surface area contributed by atoms with Gasteiger partial charge in [0.15, 0.2) is 11.6 Å². The highest BCUT2D eigenvalue weighted by molar-refractivity contribution is 5.95. The van der Waals surface area contributed by atoms with E-state index in [1.54, 1.807) is 0 Å². The van der Waals surface area contributed by atoms with Crippen molar-refractivity contribution in [2.45, 2.75) is 18.4 Å². The highest BCUT2D eigenvalue weighted by Gasteiger charge is 2.34. The predicted octanol–water partition coefficient (Wildman–Crippen LogP) is 1.77. The summed E-state index contributed by atoms with van der Waals surface area (Å²) >= 11 is 0. The van der Waals surface area contributed by atoms with Crippen LogP contribution in [0.3, 0.4) is 0 Å². The average Bonchev–Trinajstić information content (AvgIpc) is 2.43. The first-order chi connectivity index (χ1) is 9.06. The number of carbonyl (C=O) groups is 1. The zero-order chi connectivity index (χ0) is 13.9. The summed E-state index contributed by atoms with van der Waals surface area (Å²) in [5, 5.41) is 11.8. The largest absolute Gasteiger partial charge is 0.381 e. The number of hydrogen-bond acceptors (Lipinski definition) is 3. The number of nitrogens with one attached hydrogen (secondary N) is 1. The van der Waals surface area contributed by atoms with Crippen LogP contribution in [-0.4, -0.2) is 24.7 Å². The molecule has 0 saturated carbocycles. The number of carbonyl (C=O) groups excluding carboxylic acids is 1. The van der Waals surface area contributed by atoms with Gasteiger partial charge < -0.3 is 10.1 Å². The summed E-state index contributed by atoms with van der Waals surface area (Å²) in [4.78, 5) is 11.9. The minimum absolute atomic E-state index is 0.0139. The molecular formula is C13H12F2N2O2. The highest BCUT2D eigenvalue weighted by Crippen LogP contribution is 2.20. The Labute approximate surface area is 109 Å². The van der Waals surface area contributed by atoms with E-state index >= 15 is 0 Å². The second-order valence-corrected chi connectivity index (χ2v) is 4.39. The lowest BCUT2D eigenvalue weighted by atomic mass is 9.91. The Kier molecular flexibility index (Phi) is 3.76. The normalized spacial score (nSPS) is 17.5. The third-order valence-electron chi connectivity index (χ3n) is 3.09. The second kappa shape index (κ2) is 5.33. The lowest BCUT2D eigenvalue weighted by molar-refractivity contribution is 0.0531. The monoisotopic (exact) mass is 266 g/mol. The maximum absolute atomic E-state index is 13.1. The molecule has 0 unspecified atom stereocenters. The molecule has 0 aliphatic carbocycles. The molecule has 1 aliphatic heterocycles. The SMILES string of the molecule is N#CC1(NC(=O)c2ccc(F)c(F)c2)CCOCC1. The molecule has 19 heavy (non-hydrogen) atoms.